The Labute approximate surface area is 127 Å². The first kappa shape index (κ1) is 14.1. The fourth-order valence-corrected chi connectivity index (χ4v) is 2.36. The summed E-state index contributed by atoms with van der Waals surface area (Å²) < 4.78 is 13.1. The van der Waals surface area contributed by atoms with Crippen molar-refractivity contribution < 1.29 is 4.39 Å². The fraction of sp³-hybridized carbons (Fsp3) is 0.333. The van der Waals surface area contributed by atoms with Crippen LogP contribution in [0.3, 0.4) is 0 Å². The van der Waals surface area contributed by atoms with E-state index in [1.165, 1.54) is 12.1 Å². The van der Waals surface area contributed by atoms with E-state index in [0.29, 0.717) is 22.4 Å². The third-order valence-corrected chi connectivity index (χ3v) is 3.84. The molecule has 110 valence electrons. The lowest BCUT2D eigenvalue weighted by molar-refractivity contribution is 0.628. The van der Waals surface area contributed by atoms with Crippen LogP contribution in [0, 0.1) is 12.7 Å². The second-order valence-corrected chi connectivity index (χ2v) is 5.58. The van der Waals surface area contributed by atoms with Crippen molar-refractivity contribution in [3.63, 3.8) is 0 Å². The van der Waals surface area contributed by atoms with Gasteiger partial charge in [-0.05, 0) is 38.0 Å². The molecule has 1 fully saturated rings. The minimum absolute atomic E-state index is 0.326. The van der Waals surface area contributed by atoms with Gasteiger partial charge in [0.05, 0.1) is 10.7 Å². The molecule has 1 aromatic heterocycles. The first-order valence-corrected chi connectivity index (χ1v) is 7.24. The zero-order chi connectivity index (χ0) is 15.0. The zero-order valence-corrected chi connectivity index (χ0v) is 12.6. The van der Waals surface area contributed by atoms with E-state index in [2.05, 4.69) is 20.6 Å². The Morgan fingerprint density at radius 3 is 2.57 bits per heavy atom. The number of halogens is 2. The van der Waals surface area contributed by atoms with Crippen LogP contribution in [0.2, 0.25) is 5.02 Å². The minimum Gasteiger partial charge on any atom is -0.373 e. The molecule has 1 aliphatic rings. The molecule has 1 aliphatic carbocycles. The van der Waals surface area contributed by atoms with Crippen molar-refractivity contribution in [3.05, 3.63) is 40.4 Å². The Morgan fingerprint density at radius 2 is 1.95 bits per heavy atom. The molecule has 0 aliphatic heterocycles. The van der Waals surface area contributed by atoms with E-state index in [1.807, 2.05) is 14.0 Å². The highest BCUT2D eigenvalue weighted by Gasteiger charge is 2.28. The van der Waals surface area contributed by atoms with Crippen LogP contribution in [0.4, 0.5) is 21.7 Å². The average Bonchev–Trinajstić information content (AvgIpc) is 3.28. The van der Waals surface area contributed by atoms with Crippen molar-refractivity contribution >= 4 is 28.9 Å². The number of aromatic nitrogens is 2. The topological polar surface area (TPSA) is 49.8 Å². The minimum atomic E-state index is -0.362. The molecule has 1 heterocycles. The summed E-state index contributed by atoms with van der Waals surface area (Å²) in [7, 11) is 1.83. The van der Waals surface area contributed by atoms with Crippen LogP contribution in [0.15, 0.2) is 18.2 Å². The molecule has 0 unspecified atom stereocenters. The van der Waals surface area contributed by atoms with Crippen LogP contribution < -0.4 is 10.6 Å². The predicted octanol–water partition coefficient (Wildman–Crippen LogP) is 4.24. The summed E-state index contributed by atoms with van der Waals surface area (Å²) in [5.41, 5.74) is 1.53. The monoisotopic (exact) mass is 306 g/mol. The third kappa shape index (κ3) is 2.93. The molecule has 0 saturated heterocycles. The Hall–Kier alpha value is -1.88. The van der Waals surface area contributed by atoms with Gasteiger partial charge in [-0.25, -0.2) is 14.4 Å². The Morgan fingerprint density at radius 1 is 1.24 bits per heavy atom. The summed E-state index contributed by atoms with van der Waals surface area (Å²) in [6.45, 7) is 1.93. The SMILES string of the molecule is CNc1nc(C2CC2)nc(Nc2ccc(F)cc2Cl)c1C. The largest absolute Gasteiger partial charge is 0.373 e. The van der Waals surface area contributed by atoms with Crippen LogP contribution in [0.1, 0.15) is 30.1 Å². The maximum absolute atomic E-state index is 13.1. The molecule has 1 aromatic carbocycles. The summed E-state index contributed by atoms with van der Waals surface area (Å²) >= 11 is 6.06. The number of nitrogens with one attached hydrogen (secondary N) is 2. The molecule has 3 rings (SSSR count). The Balaban J connectivity index is 1.98. The average molecular weight is 307 g/mol. The smallest absolute Gasteiger partial charge is 0.139 e. The molecule has 0 bridgehead atoms. The molecule has 6 heteroatoms. The van der Waals surface area contributed by atoms with Crippen LogP contribution in [0.25, 0.3) is 0 Å². The lowest BCUT2D eigenvalue weighted by atomic mass is 10.2. The van der Waals surface area contributed by atoms with Crippen molar-refractivity contribution in [2.75, 3.05) is 17.7 Å². The molecular formula is C15H16ClFN4. The summed E-state index contributed by atoms with van der Waals surface area (Å²) in [6, 6.07) is 4.25. The van der Waals surface area contributed by atoms with Crippen molar-refractivity contribution in [2.24, 2.45) is 0 Å². The van der Waals surface area contributed by atoms with Gasteiger partial charge in [0.15, 0.2) is 0 Å². The highest BCUT2D eigenvalue weighted by Crippen LogP contribution is 2.40. The van der Waals surface area contributed by atoms with Crippen molar-refractivity contribution in [3.8, 4) is 0 Å². The molecule has 0 radical (unpaired) electrons. The number of hydrogen-bond acceptors (Lipinski definition) is 4. The zero-order valence-electron chi connectivity index (χ0n) is 11.9. The highest BCUT2D eigenvalue weighted by molar-refractivity contribution is 6.33. The van der Waals surface area contributed by atoms with E-state index in [9.17, 15) is 4.39 Å². The van der Waals surface area contributed by atoms with Crippen LogP contribution in [0.5, 0.6) is 0 Å². The summed E-state index contributed by atoms with van der Waals surface area (Å²) in [5.74, 6) is 2.42. The van der Waals surface area contributed by atoms with Gasteiger partial charge >= 0.3 is 0 Å². The van der Waals surface area contributed by atoms with Crippen LogP contribution in [-0.4, -0.2) is 17.0 Å². The van der Waals surface area contributed by atoms with Gasteiger partial charge in [0.2, 0.25) is 0 Å². The first-order valence-electron chi connectivity index (χ1n) is 6.87. The maximum Gasteiger partial charge on any atom is 0.139 e. The van der Waals surface area contributed by atoms with Gasteiger partial charge in [-0.2, -0.15) is 0 Å². The summed E-state index contributed by atoms with van der Waals surface area (Å²) in [5, 5.41) is 6.59. The fourth-order valence-electron chi connectivity index (χ4n) is 2.14. The van der Waals surface area contributed by atoms with Gasteiger partial charge in [-0.15, -0.1) is 0 Å². The molecular weight excluding hydrogens is 291 g/mol. The van der Waals surface area contributed by atoms with Gasteiger partial charge in [0.1, 0.15) is 23.3 Å². The number of nitrogens with zero attached hydrogens (tertiary/aromatic N) is 2. The van der Waals surface area contributed by atoms with E-state index in [4.69, 9.17) is 11.6 Å². The first-order chi connectivity index (χ1) is 10.1. The Kier molecular flexibility index (Phi) is 3.68. The standard InChI is InChI=1S/C15H16ClFN4/c1-8-13(18-2)20-15(9-3-4-9)21-14(8)19-12-6-5-10(17)7-11(12)16/h5-7,9H,3-4H2,1-2H3,(H2,18,19,20,21). The molecule has 21 heavy (non-hydrogen) atoms. The number of rotatable bonds is 4. The third-order valence-electron chi connectivity index (χ3n) is 3.53. The molecule has 0 atom stereocenters. The normalized spacial score (nSPS) is 14.1. The van der Waals surface area contributed by atoms with E-state index in [0.717, 1.165) is 30.0 Å². The second kappa shape index (κ2) is 5.48. The number of hydrogen-bond donors (Lipinski definition) is 2. The maximum atomic E-state index is 13.1. The van der Waals surface area contributed by atoms with Crippen LogP contribution in [-0.2, 0) is 0 Å². The number of anilines is 3. The van der Waals surface area contributed by atoms with E-state index in [1.54, 1.807) is 6.07 Å². The summed E-state index contributed by atoms with van der Waals surface area (Å²) in [4.78, 5) is 9.12. The van der Waals surface area contributed by atoms with Crippen molar-refractivity contribution in [2.45, 2.75) is 25.7 Å². The molecule has 4 nitrogen and oxygen atoms in total. The van der Waals surface area contributed by atoms with Gasteiger partial charge in [-0.3, -0.25) is 0 Å². The highest BCUT2D eigenvalue weighted by atomic mass is 35.5. The van der Waals surface area contributed by atoms with E-state index < -0.39 is 0 Å². The molecule has 0 spiro atoms. The number of benzene rings is 1. The molecule has 2 N–H and O–H groups in total. The van der Waals surface area contributed by atoms with Crippen molar-refractivity contribution in [1.29, 1.82) is 0 Å². The van der Waals surface area contributed by atoms with Crippen LogP contribution >= 0.6 is 11.6 Å². The quantitative estimate of drug-likeness (QED) is 0.887. The van der Waals surface area contributed by atoms with E-state index in [-0.39, 0.29) is 5.82 Å². The molecule has 1 saturated carbocycles. The lowest BCUT2D eigenvalue weighted by Gasteiger charge is -2.14. The molecule has 0 amide bonds. The van der Waals surface area contributed by atoms with Gasteiger partial charge < -0.3 is 10.6 Å². The Bertz CT molecular complexity index is 686. The molecule has 2 aromatic rings. The summed E-state index contributed by atoms with van der Waals surface area (Å²) in [6.07, 6.45) is 2.26. The predicted molar refractivity (Wildman–Crippen MR) is 83.0 cm³/mol. The van der Waals surface area contributed by atoms with Gasteiger partial charge in [-0.1, -0.05) is 11.6 Å². The van der Waals surface area contributed by atoms with Gasteiger partial charge in [0.25, 0.3) is 0 Å². The second-order valence-electron chi connectivity index (χ2n) is 5.18. The van der Waals surface area contributed by atoms with Gasteiger partial charge in [0, 0.05) is 18.5 Å². The van der Waals surface area contributed by atoms with Crippen molar-refractivity contribution in [1.82, 2.24) is 9.97 Å². The van der Waals surface area contributed by atoms with E-state index >= 15 is 0 Å². The lowest BCUT2D eigenvalue weighted by Crippen LogP contribution is -2.07.